The van der Waals surface area contributed by atoms with Gasteiger partial charge in [0.2, 0.25) is 0 Å². The minimum absolute atomic E-state index is 0.0807. The van der Waals surface area contributed by atoms with E-state index in [1.807, 2.05) is 42.5 Å². The lowest BCUT2D eigenvalue weighted by Crippen LogP contribution is -2.33. The summed E-state index contributed by atoms with van der Waals surface area (Å²) in [6.07, 6.45) is 3.33. The Labute approximate surface area is 240 Å². The highest BCUT2D eigenvalue weighted by atomic mass is 16.3. The van der Waals surface area contributed by atoms with Crippen molar-refractivity contribution in [3.05, 3.63) is 89.6 Å². The molecule has 0 amide bonds. The van der Waals surface area contributed by atoms with Crippen molar-refractivity contribution in [1.82, 2.24) is 4.98 Å². The zero-order chi connectivity index (χ0) is 33.0. The van der Waals surface area contributed by atoms with Crippen LogP contribution in [0.2, 0.25) is 0 Å². The van der Waals surface area contributed by atoms with Gasteiger partial charge in [0, 0.05) is 37.5 Å². The molecule has 0 radical (unpaired) electrons. The van der Waals surface area contributed by atoms with Gasteiger partial charge >= 0.3 is 0 Å². The van der Waals surface area contributed by atoms with Crippen molar-refractivity contribution < 1.29 is 14.0 Å². The highest BCUT2D eigenvalue weighted by Gasteiger charge is 2.39. The normalized spacial score (nSPS) is 21.6. The number of hydrogen-bond acceptors (Lipinski definition) is 2. The minimum atomic E-state index is -2.46. The summed E-state index contributed by atoms with van der Waals surface area (Å²) >= 11 is 0. The molecule has 2 aromatic heterocycles. The fourth-order valence-corrected chi connectivity index (χ4v) is 7.35. The zero-order valence-corrected chi connectivity index (χ0v) is 22.9. The average molecular weight is 519 g/mol. The molecule has 196 valence electrons. The Bertz CT molecular complexity index is 2170. The summed E-state index contributed by atoms with van der Waals surface area (Å²) in [7, 11) is 0. The molecule has 1 aliphatic rings. The van der Waals surface area contributed by atoms with Crippen LogP contribution in [0.15, 0.2) is 77.3 Å². The molecule has 1 fully saturated rings. The van der Waals surface area contributed by atoms with Gasteiger partial charge in [-0.3, -0.25) is 4.98 Å². The van der Waals surface area contributed by atoms with Crippen LogP contribution in [0.1, 0.15) is 79.1 Å². The van der Waals surface area contributed by atoms with Crippen molar-refractivity contribution in [1.29, 1.82) is 0 Å². The first-order chi connectivity index (χ1) is 21.4. The number of nitrogens with zero attached hydrogens (tertiary/aromatic N) is 1. The fourth-order valence-electron chi connectivity index (χ4n) is 7.35. The Kier molecular flexibility index (Phi) is 3.85. The lowest BCUT2D eigenvalue weighted by molar-refractivity contribution is 0.0967. The Morgan fingerprint density at radius 2 is 1.54 bits per heavy atom. The van der Waals surface area contributed by atoms with E-state index in [0.717, 1.165) is 28.0 Å². The van der Waals surface area contributed by atoms with Crippen LogP contribution in [-0.2, 0) is 0 Å². The largest absolute Gasteiger partial charge is 0.455 e. The lowest BCUT2D eigenvalue weighted by Gasteiger charge is -2.45. The average Bonchev–Trinajstić information content (AvgIpc) is 3.33. The van der Waals surface area contributed by atoms with Gasteiger partial charge < -0.3 is 4.42 Å². The predicted octanol–water partition coefficient (Wildman–Crippen LogP) is 10.9. The topological polar surface area (TPSA) is 26.0 Å². The van der Waals surface area contributed by atoms with Crippen LogP contribution >= 0.6 is 0 Å². The van der Waals surface area contributed by atoms with Crippen molar-refractivity contribution in [2.24, 2.45) is 10.8 Å². The monoisotopic (exact) mass is 518 g/mol. The van der Waals surface area contributed by atoms with E-state index in [-0.39, 0.29) is 22.0 Å². The molecule has 0 unspecified atom stereocenters. The number of furan rings is 1. The summed E-state index contributed by atoms with van der Waals surface area (Å²) in [5, 5.41) is 5.11. The molecular formula is C37H37NO. The van der Waals surface area contributed by atoms with Gasteiger partial charge in [-0.15, -0.1) is 0 Å². The summed E-state index contributed by atoms with van der Waals surface area (Å²) in [6, 6.07) is 21.1. The number of pyridine rings is 1. The van der Waals surface area contributed by atoms with Crippen LogP contribution in [0.4, 0.5) is 0 Å². The van der Waals surface area contributed by atoms with Gasteiger partial charge in [0.15, 0.2) is 0 Å². The van der Waals surface area contributed by atoms with Crippen LogP contribution in [0.3, 0.4) is 0 Å². The number of aromatic nitrogens is 1. The lowest BCUT2D eigenvalue weighted by atomic mass is 9.60. The van der Waals surface area contributed by atoms with E-state index in [2.05, 4.69) is 38.7 Å². The van der Waals surface area contributed by atoms with E-state index in [1.165, 1.54) is 6.20 Å². The quantitative estimate of drug-likeness (QED) is 0.213. The molecule has 0 N–H and O–H groups in total. The SMILES string of the molecule is [2H]C([2H])([2H])c1cnc(-c2ccc(C([2H])([2H])[2H])c3c2oc2c3ccc3ccc4ccccc4c32)cc1C1([2H])CC(C)(C)CC(C)(C)C1. The molecule has 0 aliphatic heterocycles. The first-order valence-corrected chi connectivity index (χ1v) is 13.7. The van der Waals surface area contributed by atoms with Gasteiger partial charge in [-0.05, 0) is 101 Å². The van der Waals surface area contributed by atoms with Crippen molar-refractivity contribution in [3.63, 3.8) is 0 Å². The van der Waals surface area contributed by atoms with Crippen LogP contribution in [0.5, 0.6) is 0 Å². The van der Waals surface area contributed by atoms with Crippen molar-refractivity contribution in [3.8, 4) is 11.3 Å². The summed E-state index contributed by atoms with van der Waals surface area (Å²) in [5.41, 5.74) is 2.34. The van der Waals surface area contributed by atoms with E-state index in [0.29, 0.717) is 51.6 Å². The van der Waals surface area contributed by atoms with Crippen molar-refractivity contribution >= 4 is 43.5 Å². The molecule has 4 aromatic carbocycles. The molecule has 6 aromatic rings. The molecule has 2 heterocycles. The number of hydrogen-bond donors (Lipinski definition) is 0. The molecule has 7 rings (SSSR count). The molecule has 0 bridgehead atoms. The molecule has 0 spiro atoms. The second-order valence-corrected chi connectivity index (χ2v) is 12.9. The number of fused-ring (bicyclic) bond motifs is 7. The molecule has 0 atom stereocenters. The van der Waals surface area contributed by atoms with Crippen molar-refractivity contribution in [2.45, 2.75) is 66.6 Å². The third-order valence-electron chi connectivity index (χ3n) is 8.40. The van der Waals surface area contributed by atoms with Gasteiger partial charge in [0.25, 0.3) is 0 Å². The van der Waals surface area contributed by atoms with Gasteiger partial charge in [0.1, 0.15) is 11.2 Å². The summed E-state index contributed by atoms with van der Waals surface area (Å²) < 4.78 is 66.8. The number of aryl methyl sites for hydroxylation is 2. The molecule has 2 nitrogen and oxygen atoms in total. The van der Waals surface area contributed by atoms with Gasteiger partial charge in [-0.1, -0.05) is 76.2 Å². The van der Waals surface area contributed by atoms with E-state index >= 15 is 0 Å². The summed E-state index contributed by atoms with van der Waals surface area (Å²) in [6.45, 7) is 3.72. The smallest absolute Gasteiger partial charge is 0.145 e. The highest BCUT2D eigenvalue weighted by molar-refractivity contribution is 6.24. The van der Waals surface area contributed by atoms with Crippen LogP contribution in [-0.4, -0.2) is 4.98 Å². The van der Waals surface area contributed by atoms with E-state index in [4.69, 9.17) is 12.6 Å². The first kappa shape index (κ1) is 17.8. The Balaban J connectivity index is 1.55. The van der Waals surface area contributed by atoms with E-state index in [9.17, 15) is 1.37 Å². The molecule has 0 saturated heterocycles. The first-order valence-electron chi connectivity index (χ1n) is 17.2. The Morgan fingerprint density at radius 1 is 0.795 bits per heavy atom. The number of benzene rings is 4. The third-order valence-corrected chi connectivity index (χ3v) is 8.40. The molecule has 2 heteroatoms. The standard InChI is InChI=1S/C37H37NO/c1-22-11-15-28(31-17-30(23(2)20-38-31)26-18-36(3,4)21-37(5,6)19-26)34-32(22)29-16-14-25-13-12-24-9-7-8-10-27(24)33(25)35(29)39-34/h7-17,20,26H,18-19,21H2,1-6H3/i1D3,2D3,26D. The maximum atomic E-state index is 9.81. The molecule has 1 saturated carbocycles. The van der Waals surface area contributed by atoms with Crippen molar-refractivity contribution in [2.75, 3.05) is 0 Å². The summed E-state index contributed by atoms with van der Waals surface area (Å²) in [4.78, 5) is 4.66. The zero-order valence-electron chi connectivity index (χ0n) is 29.9. The van der Waals surface area contributed by atoms with Crippen LogP contribution in [0.25, 0.3) is 54.7 Å². The van der Waals surface area contributed by atoms with E-state index < -0.39 is 19.6 Å². The fraction of sp³-hybridized carbons (Fsp3) is 0.324. The second kappa shape index (κ2) is 8.42. The van der Waals surface area contributed by atoms with Gasteiger partial charge in [0.05, 0.1) is 5.69 Å². The van der Waals surface area contributed by atoms with Crippen LogP contribution < -0.4 is 0 Å². The molecular weight excluding hydrogens is 474 g/mol. The third kappa shape index (κ3) is 3.95. The van der Waals surface area contributed by atoms with Gasteiger partial charge in [-0.25, -0.2) is 0 Å². The molecule has 1 aliphatic carbocycles. The minimum Gasteiger partial charge on any atom is -0.455 e. The van der Waals surface area contributed by atoms with Crippen LogP contribution in [0, 0.1) is 24.5 Å². The molecule has 39 heavy (non-hydrogen) atoms. The Morgan fingerprint density at radius 3 is 2.33 bits per heavy atom. The maximum Gasteiger partial charge on any atom is 0.145 e. The van der Waals surface area contributed by atoms with Gasteiger partial charge in [-0.2, -0.15) is 0 Å². The van der Waals surface area contributed by atoms with E-state index in [1.54, 1.807) is 18.2 Å². The highest BCUT2D eigenvalue weighted by Crippen LogP contribution is 2.52. The number of rotatable bonds is 2. The summed E-state index contributed by atoms with van der Waals surface area (Å²) in [5.74, 6) is -1.16. The maximum absolute atomic E-state index is 9.81. The Hall–Kier alpha value is -3.65. The predicted molar refractivity (Wildman–Crippen MR) is 166 cm³/mol. The second-order valence-electron chi connectivity index (χ2n) is 12.9.